The zero-order valence-corrected chi connectivity index (χ0v) is 10.1. The van der Waals surface area contributed by atoms with E-state index in [1.54, 1.807) is 0 Å². The van der Waals surface area contributed by atoms with Crippen LogP contribution in [-0.2, 0) is 6.18 Å². The van der Waals surface area contributed by atoms with Crippen molar-refractivity contribution in [2.45, 2.75) is 19.2 Å². The van der Waals surface area contributed by atoms with Gasteiger partial charge in [0, 0.05) is 17.9 Å². The van der Waals surface area contributed by atoms with Gasteiger partial charge in [0.2, 0.25) is 0 Å². The average molecular weight is 303 g/mol. The summed E-state index contributed by atoms with van der Waals surface area (Å²) in [5.41, 5.74) is -1.53. The highest BCUT2D eigenvalue weighted by molar-refractivity contribution is 6.19. The number of benzene rings is 1. The Labute approximate surface area is 110 Å². The van der Waals surface area contributed by atoms with Crippen LogP contribution in [0.15, 0.2) is 18.2 Å². The molecule has 1 rings (SSSR count). The lowest BCUT2D eigenvalue weighted by Crippen LogP contribution is -2.12. The van der Waals surface area contributed by atoms with Gasteiger partial charge in [-0.25, -0.2) is 0 Å². The molecule has 0 N–H and O–H groups in total. The summed E-state index contributed by atoms with van der Waals surface area (Å²) in [4.78, 5) is 11.4. The van der Waals surface area contributed by atoms with Crippen molar-refractivity contribution in [1.82, 2.24) is 0 Å². The molecule has 0 fully saturated rings. The normalized spacial score (nSPS) is 11.7. The molecule has 0 radical (unpaired) electrons. The van der Waals surface area contributed by atoms with E-state index in [0.29, 0.717) is 12.1 Å². The van der Waals surface area contributed by atoms with E-state index in [4.69, 9.17) is 11.6 Å². The second kappa shape index (κ2) is 6.18. The Kier molecular flexibility index (Phi) is 5.11. The quantitative estimate of drug-likeness (QED) is 0.464. The van der Waals surface area contributed by atoms with Gasteiger partial charge in [-0.05, 0) is 12.1 Å². The number of Topliss-reactive ketones (excluding diaryl/α,β-unsaturated/α-hetero) is 1. The zero-order valence-electron chi connectivity index (χ0n) is 9.31. The van der Waals surface area contributed by atoms with Gasteiger partial charge in [-0.2, -0.15) is 22.0 Å². The lowest BCUT2D eigenvalue weighted by Gasteiger charge is -2.14. The van der Waals surface area contributed by atoms with Crippen molar-refractivity contribution < 1.29 is 31.5 Å². The number of ketones is 1. The number of hydrogen-bond donors (Lipinski definition) is 0. The minimum absolute atomic E-state index is 0.0229. The molecule has 106 valence electrons. The molecule has 1 aromatic carbocycles. The van der Waals surface area contributed by atoms with E-state index in [1.165, 1.54) is 0 Å². The number of rotatable bonds is 5. The van der Waals surface area contributed by atoms with Gasteiger partial charge >= 0.3 is 12.8 Å². The highest BCUT2D eigenvalue weighted by Gasteiger charge is 2.35. The Morgan fingerprint density at radius 3 is 2.42 bits per heavy atom. The van der Waals surface area contributed by atoms with Gasteiger partial charge < -0.3 is 4.74 Å². The van der Waals surface area contributed by atoms with Crippen molar-refractivity contribution in [3.8, 4) is 5.75 Å². The Balaban J connectivity index is 3.19. The minimum atomic E-state index is -4.85. The molecular formula is C11H8ClF5O2. The van der Waals surface area contributed by atoms with Crippen molar-refractivity contribution >= 4 is 17.4 Å². The van der Waals surface area contributed by atoms with Gasteiger partial charge in [-0.1, -0.05) is 6.07 Å². The SMILES string of the molecule is O=C(CCCl)c1ccc(C(F)(F)F)c(OC(F)F)c1. The summed E-state index contributed by atoms with van der Waals surface area (Å²) in [5.74, 6) is -1.66. The van der Waals surface area contributed by atoms with Crippen LogP contribution in [0.25, 0.3) is 0 Å². The molecule has 0 unspecified atom stereocenters. The molecule has 19 heavy (non-hydrogen) atoms. The van der Waals surface area contributed by atoms with Crippen molar-refractivity contribution in [1.29, 1.82) is 0 Å². The molecule has 0 aliphatic carbocycles. The topological polar surface area (TPSA) is 26.3 Å². The Hall–Kier alpha value is -1.37. The molecule has 0 saturated heterocycles. The fourth-order valence-corrected chi connectivity index (χ4v) is 1.53. The van der Waals surface area contributed by atoms with Crippen LogP contribution in [0.3, 0.4) is 0 Å². The molecule has 0 heterocycles. The van der Waals surface area contributed by atoms with Crippen LogP contribution in [0.4, 0.5) is 22.0 Å². The molecule has 0 aliphatic heterocycles. The predicted molar refractivity (Wildman–Crippen MR) is 57.7 cm³/mol. The van der Waals surface area contributed by atoms with E-state index in [9.17, 15) is 26.7 Å². The van der Waals surface area contributed by atoms with E-state index in [-0.39, 0.29) is 17.9 Å². The number of ether oxygens (including phenoxy) is 1. The van der Waals surface area contributed by atoms with Gasteiger partial charge in [-0.3, -0.25) is 4.79 Å². The number of hydrogen-bond acceptors (Lipinski definition) is 2. The van der Waals surface area contributed by atoms with Crippen LogP contribution >= 0.6 is 11.6 Å². The molecule has 0 atom stereocenters. The van der Waals surface area contributed by atoms with E-state index in [0.717, 1.165) is 6.07 Å². The first-order valence-corrected chi connectivity index (χ1v) is 5.54. The van der Waals surface area contributed by atoms with Crippen LogP contribution in [0.1, 0.15) is 22.3 Å². The molecule has 0 saturated carbocycles. The van der Waals surface area contributed by atoms with Crippen LogP contribution in [-0.4, -0.2) is 18.3 Å². The Morgan fingerprint density at radius 2 is 1.95 bits per heavy atom. The van der Waals surface area contributed by atoms with E-state index in [2.05, 4.69) is 4.74 Å². The molecule has 0 aromatic heterocycles. The molecule has 0 spiro atoms. The Morgan fingerprint density at radius 1 is 1.32 bits per heavy atom. The maximum absolute atomic E-state index is 12.5. The van der Waals surface area contributed by atoms with Crippen molar-refractivity contribution in [2.75, 3.05) is 5.88 Å². The van der Waals surface area contributed by atoms with Gasteiger partial charge in [0.1, 0.15) is 5.75 Å². The first-order valence-electron chi connectivity index (χ1n) is 5.01. The van der Waals surface area contributed by atoms with Crippen molar-refractivity contribution in [3.63, 3.8) is 0 Å². The molecular weight excluding hydrogens is 295 g/mol. The maximum atomic E-state index is 12.5. The largest absolute Gasteiger partial charge is 0.434 e. The standard InChI is InChI=1S/C11H8ClF5O2/c12-4-3-8(18)6-1-2-7(11(15,16)17)9(5-6)19-10(13)14/h1-2,5,10H,3-4H2. The predicted octanol–water partition coefficient (Wildman–Crippen LogP) is 4.12. The average Bonchev–Trinajstić information content (AvgIpc) is 2.26. The summed E-state index contributed by atoms with van der Waals surface area (Å²) in [6.07, 6.45) is -4.96. The summed E-state index contributed by atoms with van der Waals surface area (Å²) in [6, 6.07) is 2.07. The second-order valence-electron chi connectivity index (χ2n) is 3.45. The lowest BCUT2D eigenvalue weighted by molar-refractivity contribution is -0.141. The van der Waals surface area contributed by atoms with Crippen LogP contribution in [0, 0.1) is 0 Å². The summed E-state index contributed by atoms with van der Waals surface area (Å²) >= 11 is 5.32. The van der Waals surface area contributed by atoms with Crippen molar-refractivity contribution in [3.05, 3.63) is 29.3 Å². The van der Waals surface area contributed by atoms with Crippen molar-refractivity contribution in [2.24, 2.45) is 0 Å². The van der Waals surface area contributed by atoms with E-state index >= 15 is 0 Å². The van der Waals surface area contributed by atoms with Gasteiger partial charge in [0.15, 0.2) is 5.78 Å². The maximum Gasteiger partial charge on any atom is 0.419 e. The third kappa shape index (κ3) is 4.34. The second-order valence-corrected chi connectivity index (χ2v) is 3.83. The fourth-order valence-electron chi connectivity index (χ4n) is 1.35. The highest BCUT2D eigenvalue weighted by atomic mass is 35.5. The monoisotopic (exact) mass is 302 g/mol. The molecule has 2 nitrogen and oxygen atoms in total. The van der Waals surface area contributed by atoms with E-state index < -0.39 is 29.9 Å². The molecule has 0 aliphatic rings. The summed E-state index contributed by atoms with van der Waals surface area (Å²) < 4.78 is 65.6. The summed E-state index contributed by atoms with van der Waals surface area (Å²) in [5, 5.41) is 0. The molecule has 0 bridgehead atoms. The number of carbonyl (C=O) groups excluding carboxylic acids is 1. The number of carbonyl (C=O) groups is 1. The molecule has 1 aromatic rings. The minimum Gasteiger partial charge on any atom is -0.434 e. The third-order valence-electron chi connectivity index (χ3n) is 2.15. The zero-order chi connectivity index (χ0) is 14.6. The first-order chi connectivity index (χ1) is 8.75. The number of alkyl halides is 6. The Bertz CT molecular complexity index is 459. The van der Waals surface area contributed by atoms with Crippen LogP contribution in [0.5, 0.6) is 5.75 Å². The van der Waals surface area contributed by atoms with E-state index in [1.807, 2.05) is 0 Å². The highest BCUT2D eigenvalue weighted by Crippen LogP contribution is 2.37. The van der Waals surface area contributed by atoms with Crippen LogP contribution in [0.2, 0.25) is 0 Å². The number of halogens is 6. The summed E-state index contributed by atoms with van der Waals surface area (Å²) in [6.45, 7) is -3.42. The van der Waals surface area contributed by atoms with Gasteiger partial charge in [-0.15, -0.1) is 11.6 Å². The third-order valence-corrected chi connectivity index (χ3v) is 2.34. The molecule has 8 heteroatoms. The molecule has 0 amide bonds. The fraction of sp³-hybridized carbons (Fsp3) is 0.364. The smallest absolute Gasteiger partial charge is 0.419 e. The van der Waals surface area contributed by atoms with Gasteiger partial charge in [0.25, 0.3) is 0 Å². The summed E-state index contributed by atoms with van der Waals surface area (Å²) in [7, 11) is 0. The van der Waals surface area contributed by atoms with Crippen LogP contribution < -0.4 is 4.74 Å². The van der Waals surface area contributed by atoms with Gasteiger partial charge in [0.05, 0.1) is 5.56 Å². The first kappa shape index (κ1) is 15.7. The lowest BCUT2D eigenvalue weighted by atomic mass is 10.1.